The Kier molecular flexibility index (Phi) is 7.32. The Morgan fingerprint density at radius 1 is 1.07 bits per heavy atom. The molecule has 5 nitrogen and oxygen atoms in total. The lowest BCUT2D eigenvalue weighted by Gasteiger charge is -2.15. The second-order valence-electron chi connectivity index (χ2n) is 8.10. The van der Waals surface area contributed by atoms with Crippen molar-refractivity contribution in [1.82, 2.24) is 20.1 Å². The average molecular weight is 423 g/mol. The number of rotatable bonds is 8. The van der Waals surface area contributed by atoms with Gasteiger partial charge in [-0.05, 0) is 42.9 Å². The molecule has 0 saturated heterocycles. The van der Waals surface area contributed by atoms with Gasteiger partial charge in [0, 0.05) is 12.6 Å². The first-order valence-electron chi connectivity index (χ1n) is 10.3. The standard InChI is InChI=1S/C24H30N4OS/c1-16(2)14-19-10-12-20(13-11-19)18(4)25-22(29)15-30-24-27-26-23(28(24)5)21-9-7-6-8-17(21)3/h6-13,16,18H,14-15H2,1-5H3,(H,25,29)/t18-/m0/s1. The summed E-state index contributed by atoms with van der Waals surface area (Å²) in [5, 5.41) is 12.4. The third kappa shape index (κ3) is 5.51. The maximum atomic E-state index is 12.5. The van der Waals surface area contributed by atoms with Gasteiger partial charge in [0.05, 0.1) is 11.8 Å². The van der Waals surface area contributed by atoms with Gasteiger partial charge < -0.3 is 9.88 Å². The van der Waals surface area contributed by atoms with Crippen LogP contribution in [0.15, 0.2) is 53.7 Å². The molecule has 0 aliphatic carbocycles. The predicted octanol–water partition coefficient (Wildman–Crippen LogP) is 4.96. The van der Waals surface area contributed by atoms with E-state index in [1.807, 2.05) is 36.7 Å². The Balaban J connectivity index is 1.56. The minimum atomic E-state index is -0.0341. The van der Waals surface area contributed by atoms with Crippen LogP contribution in [0, 0.1) is 12.8 Å². The minimum Gasteiger partial charge on any atom is -0.349 e. The molecule has 30 heavy (non-hydrogen) atoms. The van der Waals surface area contributed by atoms with Crippen molar-refractivity contribution in [3.8, 4) is 11.4 Å². The number of thioether (sulfide) groups is 1. The maximum absolute atomic E-state index is 12.5. The quantitative estimate of drug-likeness (QED) is 0.521. The molecule has 0 spiro atoms. The van der Waals surface area contributed by atoms with Gasteiger partial charge in [0.15, 0.2) is 11.0 Å². The van der Waals surface area contributed by atoms with Crippen molar-refractivity contribution in [2.75, 3.05) is 5.75 Å². The summed E-state index contributed by atoms with van der Waals surface area (Å²) < 4.78 is 1.94. The van der Waals surface area contributed by atoms with Gasteiger partial charge in [0.25, 0.3) is 0 Å². The summed E-state index contributed by atoms with van der Waals surface area (Å²) in [6, 6.07) is 16.6. The molecule has 3 aromatic rings. The molecule has 3 rings (SSSR count). The lowest BCUT2D eigenvalue weighted by molar-refractivity contribution is -0.119. The second kappa shape index (κ2) is 9.94. The highest BCUT2D eigenvalue weighted by molar-refractivity contribution is 7.99. The van der Waals surface area contributed by atoms with Crippen molar-refractivity contribution in [3.63, 3.8) is 0 Å². The number of aryl methyl sites for hydroxylation is 1. The molecule has 158 valence electrons. The molecule has 1 amide bonds. The fourth-order valence-electron chi connectivity index (χ4n) is 3.41. The van der Waals surface area contributed by atoms with Crippen LogP contribution in [-0.2, 0) is 18.3 Å². The van der Waals surface area contributed by atoms with Gasteiger partial charge in [0.1, 0.15) is 0 Å². The largest absolute Gasteiger partial charge is 0.349 e. The van der Waals surface area contributed by atoms with Crippen LogP contribution in [0.3, 0.4) is 0 Å². The van der Waals surface area contributed by atoms with Crippen LogP contribution in [0.2, 0.25) is 0 Å². The van der Waals surface area contributed by atoms with Crippen LogP contribution in [0.1, 0.15) is 43.5 Å². The van der Waals surface area contributed by atoms with E-state index in [-0.39, 0.29) is 11.9 Å². The molecule has 1 N–H and O–H groups in total. The molecule has 6 heteroatoms. The van der Waals surface area contributed by atoms with E-state index in [0.717, 1.165) is 34.1 Å². The first-order valence-corrected chi connectivity index (χ1v) is 11.3. The highest BCUT2D eigenvalue weighted by Crippen LogP contribution is 2.25. The molecule has 0 aliphatic rings. The van der Waals surface area contributed by atoms with E-state index in [0.29, 0.717) is 11.7 Å². The number of aromatic nitrogens is 3. The SMILES string of the molecule is Cc1ccccc1-c1nnc(SCC(=O)N[C@@H](C)c2ccc(CC(C)C)cc2)n1C. The Labute approximate surface area is 183 Å². The molecule has 0 radical (unpaired) electrons. The third-order valence-corrected chi connectivity index (χ3v) is 6.07. The summed E-state index contributed by atoms with van der Waals surface area (Å²) >= 11 is 1.40. The summed E-state index contributed by atoms with van der Waals surface area (Å²) in [6.45, 7) is 8.50. The van der Waals surface area contributed by atoms with Crippen LogP contribution in [0.25, 0.3) is 11.4 Å². The number of amides is 1. The molecule has 2 aromatic carbocycles. The lowest BCUT2D eigenvalue weighted by atomic mass is 10.00. The van der Waals surface area contributed by atoms with Crippen molar-refractivity contribution in [1.29, 1.82) is 0 Å². The van der Waals surface area contributed by atoms with E-state index in [4.69, 9.17) is 0 Å². The fourth-order valence-corrected chi connectivity index (χ4v) is 4.13. The number of carbonyl (C=O) groups is 1. The molecule has 0 aliphatic heterocycles. The first-order chi connectivity index (χ1) is 14.3. The summed E-state index contributed by atoms with van der Waals surface area (Å²) in [6.07, 6.45) is 1.07. The van der Waals surface area contributed by atoms with Gasteiger partial charge in [-0.1, -0.05) is 74.1 Å². The average Bonchev–Trinajstić information content (AvgIpc) is 3.07. The van der Waals surface area contributed by atoms with Crippen LogP contribution in [0.5, 0.6) is 0 Å². The molecule has 1 atom stereocenters. The van der Waals surface area contributed by atoms with Crippen LogP contribution in [-0.4, -0.2) is 26.4 Å². The smallest absolute Gasteiger partial charge is 0.230 e. The summed E-state index contributed by atoms with van der Waals surface area (Å²) in [5.74, 6) is 1.73. The normalized spacial score (nSPS) is 12.2. The maximum Gasteiger partial charge on any atom is 0.230 e. The highest BCUT2D eigenvalue weighted by Gasteiger charge is 2.15. The van der Waals surface area contributed by atoms with E-state index < -0.39 is 0 Å². The number of benzene rings is 2. The van der Waals surface area contributed by atoms with Crippen molar-refractivity contribution >= 4 is 17.7 Å². The molecule has 0 unspecified atom stereocenters. The van der Waals surface area contributed by atoms with Crippen molar-refractivity contribution in [2.45, 2.75) is 45.3 Å². The number of hydrogen-bond acceptors (Lipinski definition) is 4. The van der Waals surface area contributed by atoms with E-state index in [9.17, 15) is 4.79 Å². The van der Waals surface area contributed by atoms with E-state index in [1.165, 1.54) is 17.3 Å². The van der Waals surface area contributed by atoms with Crippen LogP contribution < -0.4 is 5.32 Å². The topological polar surface area (TPSA) is 59.8 Å². The van der Waals surface area contributed by atoms with Crippen molar-refractivity contribution in [3.05, 3.63) is 65.2 Å². The van der Waals surface area contributed by atoms with Crippen molar-refractivity contribution in [2.24, 2.45) is 13.0 Å². The van der Waals surface area contributed by atoms with Gasteiger partial charge >= 0.3 is 0 Å². The predicted molar refractivity (Wildman–Crippen MR) is 123 cm³/mol. The monoisotopic (exact) mass is 422 g/mol. The van der Waals surface area contributed by atoms with Gasteiger partial charge in [-0.15, -0.1) is 10.2 Å². The third-order valence-electron chi connectivity index (χ3n) is 5.05. The molecule has 1 aromatic heterocycles. The number of carbonyl (C=O) groups excluding carboxylic acids is 1. The van der Waals surface area contributed by atoms with E-state index in [1.54, 1.807) is 0 Å². The summed E-state index contributed by atoms with van der Waals surface area (Å²) in [4.78, 5) is 12.5. The summed E-state index contributed by atoms with van der Waals surface area (Å²) in [5.41, 5.74) is 4.64. The highest BCUT2D eigenvalue weighted by atomic mass is 32.2. The Morgan fingerprint density at radius 2 is 1.77 bits per heavy atom. The Morgan fingerprint density at radius 3 is 2.43 bits per heavy atom. The minimum absolute atomic E-state index is 0.0146. The number of hydrogen-bond donors (Lipinski definition) is 1. The fraction of sp³-hybridized carbons (Fsp3) is 0.375. The molecular formula is C24H30N4OS. The zero-order chi connectivity index (χ0) is 21.7. The second-order valence-corrected chi connectivity index (χ2v) is 9.04. The zero-order valence-electron chi connectivity index (χ0n) is 18.3. The van der Waals surface area contributed by atoms with Crippen LogP contribution >= 0.6 is 11.8 Å². The lowest BCUT2D eigenvalue weighted by Crippen LogP contribution is -2.28. The zero-order valence-corrected chi connectivity index (χ0v) is 19.2. The van der Waals surface area contributed by atoms with Crippen molar-refractivity contribution < 1.29 is 4.79 Å². The molecule has 0 bridgehead atoms. The van der Waals surface area contributed by atoms with Gasteiger partial charge in [0.2, 0.25) is 5.91 Å². The van der Waals surface area contributed by atoms with Gasteiger partial charge in [-0.3, -0.25) is 4.79 Å². The van der Waals surface area contributed by atoms with Gasteiger partial charge in [-0.25, -0.2) is 0 Å². The number of nitrogens with one attached hydrogen (secondary N) is 1. The Hall–Kier alpha value is -2.60. The molecule has 0 saturated carbocycles. The first kappa shape index (κ1) is 22.1. The molecule has 0 fully saturated rings. The molecule has 1 heterocycles. The van der Waals surface area contributed by atoms with E-state index in [2.05, 4.69) is 66.6 Å². The summed E-state index contributed by atoms with van der Waals surface area (Å²) in [7, 11) is 1.93. The number of nitrogens with zero attached hydrogens (tertiary/aromatic N) is 3. The van der Waals surface area contributed by atoms with E-state index >= 15 is 0 Å². The Bertz CT molecular complexity index is 995. The molecular weight excluding hydrogens is 392 g/mol. The van der Waals surface area contributed by atoms with Gasteiger partial charge in [-0.2, -0.15) is 0 Å². The van der Waals surface area contributed by atoms with Crippen LogP contribution in [0.4, 0.5) is 0 Å².